The Morgan fingerprint density at radius 3 is 2.67 bits per heavy atom. The summed E-state index contributed by atoms with van der Waals surface area (Å²) in [4.78, 5) is 16.2. The molecule has 0 spiro atoms. The molecular formula is C11H12BrClN4O. The first-order chi connectivity index (χ1) is 8.41. The van der Waals surface area contributed by atoms with Gasteiger partial charge < -0.3 is 0 Å². The minimum Gasteiger partial charge on any atom is -0.290 e. The molecular weight excluding hydrogens is 320 g/mol. The third kappa shape index (κ3) is 2.22. The fourth-order valence-corrected chi connectivity index (χ4v) is 2.28. The molecule has 0 saturated carbocycles. The van der Waals surface area contributed by atoms with E-state index in [1.807, 2.05) is 6.92 Å². The van der Waals surface area contributed by atoms with Crippen LogP contribution in [0.5, 0.6) is 0 Å². The molecule has 0 unspecified atom stereocenters. The Balaban J connectivity index is 2.53. The summed E-state index contributed by atoms with van der Waals surface area (Å²) < 4.78 is 3.68. The Kier molecular flexibility index (Phi) is 3.59. The van der Waals surface area contributed by atoms with Crippen molar-refractivity contribution in [1.82, 2.24) is 19.3 Å². The molecule has 0 aliphatic heterocycles. The fourth-order valence-electron chi connectivity index (χ4n) is 1.74. The van der Waals surface area contributed by atoms with Crippen LogP contribution in [-0.4, -0.2) is 19.3 Å². The van der Waals surface area contributed by atoms with Crippen molar-refractivity contribution in [3.63, 3.8) is 0 Å². The van der Waals surface area contributed by atoms with Crippen LogP contribution in [0, 0.1) is 13.8 Å². The first kappa shape index (κ1) is 13.3. The van der Waals surface area contributed by atoms with E-state index in [9.17, 15) is 4.79 Å². The van der Waals surface area contributed by atoms with Gasteiger partial charge in [-0.25, -0.2) is 4.98 Å². The average molecular weight is 332 g/mol. The normalized spacial score (nSPS) is 10.9. The molecule has 0 radical (unpaired) electrons. The maximum absolute atomic E-state index is 12.0. The molecule has 0 saturated heterocycles. The van der Waals surface area contributed by atoms with E-state index in [1.165, 1.54) is 6.20 Å². The molecule has 0 bridgehead atoms. The average Bonchev–Trinajstić information content (AvgIpc) is 2.55. The first-order valence-corrected chi connectivity index (χ1v) is 6.48. The molecule has 2 heterocycles. The van der Waals surface area contributed by atoms with E-state index in [2.05, 4.69) is 26.0 Å². The number of nitrogens with zero attached hydrogens (tertiary/aromatic N) is 4. The highest BCUT2D eigenvalue weighted by Gasteiger charge is 2.14. The minimum atomic E-state index is -0.127. The molecule has 0 fully saturated rings. The van der Waals surface area contributed by atoms with Gasteiger partial charge in [0, 0.05) is 13.2 Å². The molecule has 18 heavy (non-hydrogen) atoms. The van der Waals surface area contributed by atoms with Gasteiger partial charge in [0.2, 0.25) is 0 Å². The van der Waals surface area contributed by atoms with Crippen molar-refractivity contribution in [1.29, 1.82) is 0 Å². The zero-order valence-electron chi connectivity index (χ0n) is 10.2. The zero-order chi connectivity index (χ0) is 13.4. The highest BCUT2D eigenvalue weighted by molar-refractivity contribution is 9.10. The van der Waals surface area contributed by atoms with Gasteiger partial charge in [0.05, 0.1) is 23.0 Å². The second kappa shape index (κ2) is 4.85. The van der Waals surface area contributed by atoms with Crippen LogP contribution in [0.15, 0.2) is 15.5 Å². The summed E-state index contributed by atoms with van der Waals surface area (Å²) in [6.45, 7) is 3.97. The number of aryl methyl sites for hydroxylation is 3. The predicted octanol–water partition coefficient (Wildman–Crippen LogP) is 2.06. The summed E-state index contributed by atoms with van der Waals surface area (Å²) in [5.41, 5.74) is 1.42. The summed E-state index contributed by atoms with van der Waals surface area (Å²) in [6, 6.07) is 0. The van der Waals surface area contributed by atoms with Crippen LogP contribution in [0.4, 0.5) is 0 Å². The fraction of sp³-hybridized carbons (Fsp3) is 0.364. The van der Waals surface area contributed by atoms with Crippen molar-refractivity contribution in [2.75, 3.05) is 0 Å². The van der Waals surface area contributed by atoms with Gasteiger partial charge in [-0.2, -0.15) is 5.10 Å². The molecule has 0 amide bonds. The topological polar surface area (TPSA) is 52.7 Å². The van der Waals surface area contributed by atoms with E-state index in [-0.39, 0.29) is 5.56 Å². The Labute approximate surface area is 118 Å². The summed E-state index contributed by atoms with van der Waals surface area (Å²) in [5, 5.41) is 4.81. The lowest BCUT2D eigenvalue weighted by atomic mass is 10.3. The molecule has 0 aliphatic rings. The van der Waals surface area contributed by atoms with Gasteiger partial charge in [-0.3, -0.25) is 14.0 Å². The summed E-state index contributed by atoms with van der Waals surface area (Å²) >= 11 is 9.36. The van der Waals surface area contributed by atoms with E-state index < -0.39 is 0 Å². The van der Waals surface area contributed by atoms with Crippen molar-refractivity contribution < 1.29 is 0 Å². The third-order valence-electron chi connectivity index (χ3n) is 2.77. The largest absolute Gasteiger partial charge is 0.290 e. The molecule has 5 nitrogen and oxygen atoms in total. The van der Waals surface area contributed by atoms with Crippen molar-refractivity contribution in [3.8, 4) is 0 Å². The van der Waals surface area contributed by atoms with Crippen LogP contribution in [0.3, 0.4) is 0 Å². The van der Waals surface area contributed by atoms with Gasteiger partial charge in [-0.15, -0.1) is 0 Å². The maximum Gasteiger partial charge on any atom is 0.268 e. The molecule has 7 heteroatoms. The lowest BCUT2D eigenvalue weighted by Crippen LogP contribution is -2.25. The van der Waals surface area contributed by atoms with E-state index in [1.54, 1.807) is 23.2 Å². The van der Waals surface area contributed by atoms with Crippen molar-refractivity contribution in [3.05, 3.63) is 43.3 Å². The Morgan fingerprint density at radius 1 is 1.44 bits per heavy atom. The lowest BCUT2D eigenvalue weighted by Gasteiger charge is -2.10. The molecule has 2 rings (SSSR count). The first-order valence-electron chi connectivity index (χ1n) is 5.31. The minimum absolute atomic E-state index is 0.127. The van der Waals surface area contributed by atoms with Crippen molar-refractivity contribution >= 4 is 27.5 Å². The number of hydrogen-bond donors (Lipinski definition) is 0. The van der Waals surface area contributed by atoms with E-state index in [4.69, 9.17) is 11.6 Å². The molecule has 0 N–H and O–H groups in total. The molecule has 0 aliphatic carbocycles. The van der Waals surface area contributed by atoms with Crippen molar-refractivity contribution in [2.45, 2.75) is 20.4 Å². The van der Waals surface area contributed by atoms with Gasteiger partial charge in [-0.1, -0.05) is 11.6 Å². The van der Waals surface area contributed by atoms with Crippen LogP contribution >= 0.6 is 27.5 Å². The second-order valence-corrected chi connectivity index (χ2v) is 5.25. The highest BCUT2D eigenvalue weighted by atomic mass is 79.9. The number of aromatic nitrogens is 4. The monoisotopic (exact) mass is 330 g/mol. The van der Waals surface area contributed by atoms with Crippen LogP contribution < -0.4 is 5.56 Å². The Hall–Kier alpha value is -1.14. The van der Waals surface area contributed by atoms with Crippen LogP contribution in [0.1, 0.15) is 17.2 Å². The molecule has 2 aromatic rings. The standard InChI is InChI=1S/C11H12BrClN4O/c1-6-10(13)9(16(3)15-6)5-17-7(2)14-4-8(12)11(17)18/h4H,5H2,1-3H3. The van der Waals surface area contributed by atoms with E-state index in [0.29, 0.717) is 21.9 Å². The van der Waals surface area contributed by atoms with Crippen LogP contribution in [-0.2, 0) is 13.6 Å². The van der Waals surface area contributed by atoms with Crippen molar-refractivity contribution in [2.24, 2.45) is 7.05 Å². The molecule has 2 aromatic heterocycles. The smallest absolute Gasteiger partial charge is 0.268 e. The van der Waals surface area contributed by atoms with Gasteiger partial charge in [0.25, 0.3) is 5.56 Å². The summed E-state index contributed by atoms with van der Waals surface area (Å²) in [6.07, 6.45) is 1.50. The summed E-state index contributed by atoms with van der Waals surface area (Å²) in [5.74, 6) is 0.637. The molecule has 96 valence electrons. The zero-order valence-corrected chi connectivity index (χ0v) is 12.6. The van der Waals surface area contributed by atoms with E-state index in [0.717, 1.165) is 11.4 Å². The molecule has 0 atom stereocenters. The van der Waals surface area contributed by atoms with Gasteiger partial charge >= 0.3 is 0 Å². The number of hydrogen-bond acceptors (Lipinski definition) is 3. The maximum atomic E-state index is 12.0. The van der Waals surface area contributed by atoms with Gasteiger partial charge in [0.15, 0.2) is 0 Å². The van der Waals surface area contributed by atoms with Crippen LogP contribution in [0.25, 0.3) is 0 Å². The Bertz CT molecular complexity index is 662. The summed E-state index contributed by atoms with van der Waals surface area (Å²) in [7, 11) is 1.81. The SMILES string of the molecule is Cc1nn(C)c(Cn2c(C)ncc(Br)c2=O)c1Cl. The third-order valence-corrected chi connectivity index (χ3v) is 3.81. The van der Waals surface area contributed by atoms with Crippen LogP contribution in [0.2, 0.25) is 5.02 Å². The Morgan fingerprint density at radius 2 is 2.11 bits per heavy atom. The number of rotatable bonds is 2. The lowest BCUT2D eigenvalue weighted by molar-refractivity contribution is 0.626. The molecule has 0 aromatic carbocycles. The predicted molar refractivity (Wildman–Crippen MR) is 73.0 cm³/mol. The number of halogens is 2. The quantitative estimate of drug-likeness (QED) is 0.846. The van der Waals surface area contributed by atoms with Gasteiger partial charge in [0.1, 0.15) is 10.3 Å². The second-order valence-electron chi connectivity index (χ2n) is 4.01. The van der Waals surface area contributed by atoms with Gasteiger partial charge in [-0.05, 0) is 29.8 Å². The van der Waals surface area contributed by atoms with E-state index >= 15 is 0 Å². The highest BCUT2D eigenvalue weighted by Crippen LogP contribution is 2.20.